The van der Waals surface area contributed by atoms with Gasteiger partial charge in [0.1, 0.15) is 5.75 Å². The number of allylic oxidation sites excluding steroid dienone is 1. The number of nitrogens with zero attached hydrogens (tertiary/aromatic N) is 2. The third kappa shape index (κ3) is 9.92. The molecule has 5 rings (SSSR count). The lowest BCUT2D eigenvalue weighted by Gasteiger charge is -2.41. The third-order valence-electron chi connectivity index (χ3n) is 9.94. The van der Waals surface area contributed by atoms with Crippen LogP contribution in [-0.4, -0.2) is 87.3 Å². The van der Waals surface area contributed by atoms with Gasteiger partial charge in [0.2, 0.25) is 0 Å². The van der Waals surface area contributed by atoms with Crippen molar-refractivity contribution in [2.45, 2.75) is 71.1 Å². The summed E-state index contributed by atoms with van der Waals surface area (Å²) in [4.78, 5) is 40.7. The number of carbonyl (C=O) groups excluding carboxylic acids is 3. The Bertz CT molecular complexity index is 1140. The molecule has 254 valence electrons. The number of amides is 3. The van der Waals surface area contributed by atoms with Gasteiger partial charge >= 0.3 is 6.09 Å². The van der Waals surface area contributed by atoms with Crippen molar-refractivity contribution in [2.75, 3.05) is 59.4 Å². The summed E-state index contributed by atoms with van der Waals surface area (Å²) < 4.78 is 15.1. The standard InChI is InChI=1S/C19H26N2O4.C15H25NO2.H3N.H2O/c1-24-17-11-15(20-19(23)25-2)7-8-16(17)18(22)21-10-9-13-5-3-4-6-14(13)12-21;1-3-12(11-18-2)15(17)16-9-8-13-6-4-5-7-14(13)10-16;;/h7-8,11,13-14H,3-6,9-10,12H2,1-2H3,(H,20,23);3,13-14H,4-11H2,1-2H3;1H3;1H2/b;12-3+;;/t2*13-,14+;;/m11../s1. The molecule has 2 aliphatic heterocycles. The molecule has 0 aromatic heterocycles. The van der Waals surface area contributed by atoms with Crippen molar-refractivity contribution in [3.05, 3.63) is 35.4 Å². The smallest absolute Gasteiger partial charge is 0.411 e. The number of hydrogen-bond acceptors (Lipinski definition) is 7. The number of nitrogens with one attached hydrogen (secondary N) is 1. The summed E-state index contributed by atoms with van der Waals surface area (Å²) >= 11 is 0. The van der Waals surface area contributed by atoms with E-state index in [0.29, 0.717) is 29.5 Å². The Labute approximate surface area is 268 Å². The minimum atomic E-state index is -0.555. The molecule has 4 atom stereocenters. The van der Waals surface area contributed by atoms with Crippen LogP contribution in [0.5, 0.6) is 5.75 Å². The van der Waals surface area contributed by atoms with E-state index in [1.165, 1.54) is 72.0 Å². The molecule has 4 fully saturated rings. The highest BCUT2D eigenvalue weighted by atomic mass is 16.5. The van der Waals surface area contributed by atoms with Crippen LogP contribution in [0.3, 0.4) is 0 Å². The lowest BCUT2D eigenvalue weighted by atomic mass is 9.75. The average Bonchev–Trinajstić information content (AvgIpc) is 3.06. The molecule has 2 aliphatic carbocycles. The van der Waals surface area contributed by atoms with Crippen LogP contribution in [-0.2, 0) is 14.3 Å². The second-order valence-electron chi connectivity index (χ2n) is 12.5. The average molecular weight is 633 g/mol. The first-order chi connectivity index (χ1) is 20.9. The molecular weight excluding hydrogens is 576 g/mol. The molecule has 4 aliphatic rings. The predicted molar refractivity (Wildman–Crippen MR) is 176 cm³/mol. The normalized spacial score (nSPS) is 24.2. The number of rotatable bonds is 6. The zero-order chi connectivity index (χ0) is 30.8. The zero-order valence-corrected chi connectivity index (χ0v) is 27.8. The molecule has 3 amide bonds. The quantitative estimate of drug-likeness (QED) is 0.392. The van der Waals surface area contributed by atoms with Gasteiger partial charge in [0, 0.05) is 50.6 Å². The molecule has 45 heavy (non-hydrogen) atoms. The Hall–Kier alpha value is -3.15. The summed E-state index contributed by atoms with van der Waals surface area (Å²) in [6, 6.07) is 5.05. The van der Waals surface area contributed by atoms with E-state index in [1.807, 2.05) is 22.8 Å². The molecule has 2 heterocycles. The van der Waals surface area contributed by atoms with E-state index in [1.54, 1.807) is 25.3 Å². The molecule has 2 saturated heterocycles. The van der Waals surface area contributed by atoms with Gasteiger partial charge in [-0.15, -0.1) is 0 Å². The second-order valence-corrected chi connectivity index (χ2v) is 12.5. The number of fused-ring (bicyclic) bond motifs is 2. The van der Waals surface area contributed by atoms with Crippen LogP contribution in [0.15, 0.2) is 29.8 Å². The van der Waals surface area contributed by atoms with Crippen LogP contribution < -0.4 is 16.2 Å². The Morgan fingerprint density at radius 1 is 0.844 bits per heavy atom. The summed E-state index contributed by atoms with van der Waals surface area (Å²) in [5.41, 5.74) is 1.87. The second kappa shape index (κ2) is 18.7. The van der Waals surface area contributed by atoms with Crippen LogP contribution in [0, 0.1) is 23.7 Å². The number of hydrogen-bond donors (Lipinski definition) is 2. The number of benzene rings is 1. The highest BCUT2D eigenvalue weighted by Gasteiger charge is 2.35. The van der Waals surface area contributed by atoms with E-state index >= 15 is 0 Å². The zero-order valence-electron chi connectivity index (χ0n) is 27.8. The van der Waals surface area contributed by atoms with Crippen LogP contribution >= 0.6 is 0 Å². The fourth-order valence-electron chi connectivity index (χ4n) is 7.48. The van der Waals surface area contributed by atoms with E-state index in [-0.39, 0.29) is 23.4 Å². The van der Waals surface area contributed by atoms with Gasteiger partial charge in [-0.25, -0.2) is 4.79 Å². The highest BCUT2D eigenvalue weighted by molar-refractivity contribution is 5.98. The molecule has 0 bridgehead atoms. The van der Waals surface area contributed by atoms with Crippen LogP contribution in [0.1, 0.15) is 81.5 Å². The van der Waals surface area contributed by atoms with Crippen LogP contribution in [0.4, 0.5) is 10.5 Å². The van der Waals surface area contributed by atoms with Gasteiger partial charge in [-0.05, 0) is 68.4 Å². The van der Waals surface area contributed by atoms with E-state index in [0.717, 1.165) is 55.9 Å². The summed E-state index contributed by atoms with van der Waals surface area (Å²) in [5, 5.41) is 2.58. The highest BCUT2D eigenvalue weighted by Crippen LogP contribution is 2.38. The van der Waals surface area contributed by atoms with Crippen molar-refractivity contribution in [3.63, 3.8) is 0 Å². The van der Waals surface area contributed by atoms with Crippen molar-refractivity contribution in [3.8, 4) is 5.75 Å². The molecule has 1 aromatic carbocycles. The molecule has 1 aromatic rings. The number of carbonyl (C=O) groups is 3. The molecule has 0 spiro atoms. The number of piperidine rings is 2. The molecule has 6 N–H and O–H groups in total. The van der Waals surface area contributed by atoms with Crippen LogP contribution in [0.25, 0.3) is 0 Å². The molecular formula is C34H56N4O7. The van der Waals surface area contributed by atoms with E-state index in [2.05, 4.69) is 10.1 Å². The minimum absolute atomic E-state index is 0. The fraction of sp³-hybridized carbons (Fsp3) is 0.676. The number of anilines is 1. The Kier molecular flexibility index (Phi) is 15.8. The minimum Gasteiger partial charge on any atom is -0.496 e. The van der Waals surface area contributed by atoms with Gasteiger partial charge in [0.25, 0.3) is 11.8 Å². The maximum Gasteiger partial charge on any atom is 0.411 e. The van der Waals surface area contributed by atoms with Gasteiger partial charge in [-0.3, -0.25) is 14.9 Å². The van der Waals surface area contributed by atoms with E-state index < -0.39 is 6.09 Å². The summed E-state index contributed by atoms with van der Waals surface area (Å²) in [5.74, 6) is 3.69. The van der Waals surface area contributed by atoms with Crippen molar-refractivity contribution < 1.29 is 34.1 Å². The van der Waals surface area contributed by atoms with Gasteiger partial charge < -0.3 is 35.6 Å². The number of likely N-dealkylation sites (tertiary alicyclic amines) is 2. The Morgan fingerprint density at radius 2 is 1.40 bits per heavy atom. The predicted octanol–water partition coefficient (Wildman–Crippen LogP) is 5.48. The van der Waals surface area contributed by atoms with E-state index in [4.69, 9.17) is 9.47 Å². The first-order valence-electron chi connectivity index (χ1n) is 16.1. The summed E-state index contributed by atoms with van der Waals surface area (Å²) in [6.07, 6.45) is 14.2. The largest absolute Gasteiger partial charge is 0.496 e. The fourth-order valence-corrected chi connectivity index (χ4v) is 7.48. The van der Waals surface area contributed by atoms with Crippen molar-refractivity contribution in [1.82, 2.24) is 16.0 Å². The molecule has 11 nitrogen and oxygen atoms in total. The monoisotopic (exact) mass is 632 g/mol. The SMILES string of the molecule is C/C=C(\COC)C(=O)N1CC[C@H]2CCCC[C@H]2C1.COC(=O)Nc1ccc(C(=O)N2CC[C@H]3CCCC[C@H]3C2)c(OC)c1.N.O. The van der Waals surface area contributed by atoms with Gasteiger partial charge in [0.05, 0.1) is 26.4 Å². The topological polar surface area (TPSA) is 164 Å². The maximum absolute atomic E-state index is 13.0. The molecule has 2 saturated carbocycles. The van der Waals surface area contributed by atoms with Gasteiger partial charge in [-0.1, -0.05) is 44.6 Å². The Balaban J connectivity index is 0.000000315. The lowest BCUT2D eigenvalue weighted by molar-refractivity contribution is -0.130. The Morgan fingerprint density at radius 3 is 1.93 bits per heavy atom. The number of methoxy groups -OCH3 is 3. The van der Waals surface area contributed by atoms with Gasteiger partial charge in [-0.2, -0.15) is 0 Å². The summed E-state index contributed by atoms with van der Waals surface area (Å²) in [7, 11) is 4.48. The van der Waals surface area contributed by atoms with Gasteiger partial charge in [0.15, 0.2) is 0 Å². The van der Waals surface area contributed by atoms with Crippen molar-refractivity contribution in [2.24, 2.45) is 23.7 Å². The number of ether oxygens (including phenoxy) is 3. The van der Waals surface area contributed by atoms with E-state index in [9.17, 15) is 14.4 Å². The molecule has 11 heteroatoms. The third-order valence-corrected chi connectivity index (χ3v) is 9.94. The first-order valence-corrected chi connectivity index (χ1v) is 16.1. The maximum atomic E-state index is 13.0. The van der Waals surface area contributed by atoms with Crippen molar-refractivity contribution >= 4 is 23.6 Å². The molecule has 0 unspecified atom stereocenters. The lowest BCUT2D eigenvalue weighted by Crippen LogP contribution is -2.45. The van der Waals surface area contributed by atoms with Crippen molar-refractivity contribution in [1.29, 1.82) is 0 Å². The summed E-state index contributed by atoms with van der Waals surface area (Å²) in [6.45, 7) is 5.89. The molecule has 0 radical (unpaired) electrons. The first kappa shape index (κ1) is 38.0. The van der Waals surface area contributed by atoms with Crippen LogP contribution in [0.2, 0.25) is 0 Å².